The van der Waals surface area contributed by atoms with E-state index in [1.165, 1.54) is 0 Å². The van der Waals surface area contributed by atoms with Gasteiger partial charge in [0, 0.05) is 17.3 Å². The third-order valence-corrected chi connectivity index (χ3v) is 4.55. The largest absolute Gasteiger partial charge is 0.497 e. The van der Waals surface area contributed by atoms with E-state index in [1.54, 1.807) is 37.6 Å². The molecule has 5 rings (SSSR count). The number of hydrogen-bond donors (Lipinski definition) is 1. The fourth-order valence-electron chi connectivity index (χ4n) is 3.31. The van der Waals surface area contributed by atoms with Crippen molar-refractivity contribution in [2.75, 3.05) is 7.11 Å². The van der Waals surface area contributed by atoms with Crippen molar-refractivity contribution >= 4 is 29.4 Å². The van der Waals surface area contributed by atoms with Gasteiger partial charge in [-0.2, -0.15) is 0 Å². The topological polar surface area (TPSA) is 69.8 Å². The lowest BCUT2D eigenvalue weighted by Gasteiger charge is -2.32. The normalized spacial score (nSPS) is 22.6. The number of allylic oxidation sites excluding steroid dienone is 1. The molecule has 122 valence electrons. The third kappa shape index (κ3) is 1.85. The molecule has 25 heavy (non-hydrogen) atoms. The molecule has 1 N–H and O–H groups in total. The van der Waals surface area contributed by atoms with E-state index in [1.807, 2.05) is 35.2 Å². The number of guanidine groups is 1. The molecule has 1 unspecified atom stereocenters. The van der Waals surface area contributed by atoms with Gasteiger partial charge in [0.1, 0.15) is 5.75 Å². The van der Waals surface area contributed by atoms with Gasteiger partial charge in [-0.15, -0.1) is 0 Å². The second-order valence-corrected chi connectivity index (χ2v) is 5.93. The Bertz CT molecular complexity index is 1000. The SMILES string of the molecule is COc1ccc(C2(O)N=C3N=CC=C4c5ccccc5N=C2N43)cc1. The Kier molecular flexibility index (Phi) is 2.75. The van der Waals surface area contributed by atoms with Crippen molar-refractivity contribution in [3.05, 3.63) is 65.7 Å². The van der Waals surface area contributed by atoms with Crippen LogP contribution in [-0.4, -0.2) is 35.1 Å². The first-order chi connectivity index (χ1) is 12.2. The minimum Gasteiger partial charge on any atom is -0.497 e. The summed E-state index contributed by atoms with van der Waals surface area (Å²) in [4.78, 5) is 15.3. The van der Waals surface area contributed by atoms with E-state index in [9.17, 15) is 5.11 Å². The zero-order valence-electron chi connectivity index (χ0n) is 13.4. The number of nitrogens with zero attached hydrogens (tertiary/aromatic N) is 4. The molecule has 0 fully saturated rings. The first kappa shape index (κ1) is 14.1. The standard InChI is InChI=1S/C19H14N4O2/c1-25-13-8-6-12(7-9-13)19(24)17-21-15-5-3-2-4-14(15)16-10-11-20-18(22-19)23(16)17/h2-11,24H,1H3. The number of amidine groups is 1. The monoisotopic (exact) mass is 330 g/mol. The Hall–Kier alpha value is -3.25. The van der Waals surface area contributed by atoms with E-state index in [4.69, 9.17) is 9.73 Å². The summed E-state index contributed by atoms with van der Waals surface area (Å²) >= 11 is 0. The van der Waals surface area contributed by atoms with Crippen molar-refractivity contribution in [1.82, 2.24) is 4.90 Å². The highest BCUT2D eigenvalue weighted by molar-refractivity contribution is 6.22. The van der Waals surface area contributed by atoms with E-state index in [0.29, 0.717) is 23.1 Å². The summed E-state index contributed by atoms with van der Waals surface area (Å²) in [5.41, 5.74) is 1.74. The van der Waals surface area contributed by atoms with Crippen molar-refractivity contribution in [3.8, 4) is 5.75 Å². The van der Waals surface area contributed by atoms with Gasteiger partial charge >= 0.3 is 0 Å². The van der Waals surface area contributed by atoms with Gasteiger partial charge in [0.05, 0.1) is 18.5 Å². The molecule has 6 nitrogen and oxygen atoms in total. The van der Waals surface area contributed by atoms with Crippen LogP contribution in [0.5, 0.6) is 5.75 Å². The molecule has 0 radical (unpaired) electrons. The molecule has 2 aromatic carbocycles. The van der Waals surface area contributed by atoms with Gasteiger partial charge in [0.2, 0.25) is 11.7 Å². The molecular formula is C19H14N4O2. The van der Waals surface area contributed by atoms with E-state index in [0.717, 1.165) is 16.9 Å². The number of methoxy groups -OCH3 is 1. The maximum atomic E-state index is 11.4. The molecule has 6 heteroatoms. The summed E-state index contributed by atoms with van der Waals surface area (Å²) in [5.74, 6) is 1.59. The molecule has 0 bridgehead atoms. The van der Waals surface area contributed by atoms with Crippen LogP contribution in [0.1, 0.15) is 11.1 Å². The number of ether oxygens (including phenoxy) is 1. The number of aliphatic hydroxyl groups is 1. The van der Waals surface area contributed by atoms with E-state index < -0.39 is 5.72 Å². The quantitative estimate of drug-likeness (QED) is 0.920. The van der Waals surface area contributed by atoms with Crippen LogP contribution in [0.3, 0.4) is 0 Å². The maximum absolute atomic E-state index is 11.4. The molecule has 3 heterocycles. The summed E-state index contributed by atoms with van der Waals surface area (Å²) in [6, 6.07) is 15.0. The molecule has 0 aromatic heterocycles. The molecule has 0 aliphatic carbocycles. The Morgan fingerprint density at radius 1 is 1.08 bits per heavy atom. The third-order valence-electron chi connectivity index (χ3n) is 4.55. The number of hydrogen-bond acceptors (Lipinski definition) is 6. The van der Waals surface area contributed by atoms with Crippen LogP contribution in [0.15, 0.2) is 69.6 Å². The van der Waals surface area contributed by atoms with Gasteiger partial charge in [0.15, 0.2) is 5.84 Å². The van der Waals surface area contributed by atoms with Gasteiger partial charge in [-0.3, -0.25) is 4.90 Å². The smallest absolute Gasteiger partial charge is 0.246 e. The summed E-state index contributed by atoms with van der Waals surface area (Å²) in [7, 11) is 1.60. The molecule has 1 atom stereocenters. The molecule has 3 aliphatic rings. The van der Waals surface area contributed by atoms with E-state index >= 15 is 0 Å². The van der Waals surface area contributed by atoms with Crippen molar-refractivity contribution in [1.29, 1.82) is 0 Å². The fraction of sp³-hybridized carbons (Fsp3) is 0.105. The summed E-state index contributed by atoms with van der Waals surface area (Å²) in [6.07, 6.45) is 3.61. The van der Waals surface area contributed by atoms with Gasteiger partial charge < -0.3 is 9.84 Å². The highest BCUT2D eigenvalue weighted by Gasteiger charge is 2.50. The van der Waals surface area contributed by atoms with Crippen LogP contribution in [-0.2, 0) is 5.72 Å². The van der Waals surface area contributed by atoms with Crippen molar-refractivity contribution in [3.63, 3.8) is 0 Å². The predicted molar refractivity (Wildman–Crippen MR) is 96.2 cm³/mol. The summed E-state index contributed by atoms with van der Waals surface area (Å²) < 4.78 is 5.20. The van der Waals surface area contributed by atoms with Crippen molar-refractivity contribution < 1.29 is 9.84 Å². The molecule has 2 aromatic rings. The average molecular weight is 330 g/mol. The summed E-state index contributed by atoms with van der Waals surface area (Å²) in [5, 5.41) is 11.4. The van der Waals surface area contributed by atoms with Crippen molar-refractivity contribution in [2.24, 2.45) is 15.0 Å². The van der Waals surface area contributed by atoms with E-state index in [-0.39, 0.29) is 0 Å². The highest BCUT2D eigenvalue weighted by atomic mass is 16.5. The van der Waals surface area contributed by atoms with Crippen molar-refractivity contribution in [2.45, 2.75) is 5.72 Å². The minimum atomic E-state index is -1.59. The fourth-order valence-corrected chi connectivity index (χ4v) is 3.31. The molecule has 3 aliphatic heterocycles. The highest BCUT2D eigenvalue weighted by Crippen LogP contribution is 2.44. The Morgan fingerprint density at radius 2 is 1.88 bits per heavy atom. The second kappa shape index (κ2) is 4.87. The van der Waals surface area contributed by atoms with Gasteiger partial charge in [0.25, 0.3) is 0 Å². The Labute approximate surface area is 144 Å². The Balaban J connectivity index is 1.73. The Morgan fingerprint density at radius 3 is 2.68 bits per heavy atom. The van der Waals surface area contributed by atoms with Crippen LogP contribution >= 0.6 is 0 Å². The van der Waals surface area contributed by atoms with Gasteiger partial charge in [-0.25, -0.2) is 15.0 Å². The van der Waals surface area contributed by atoms with Crippen LogP contribution in [0.4, 0.5) is 5.69 Å². The zero-order valence-corrected chi connectivity index (χ0v) is 13.4. The number of rotatable bonds is 2. The lowest BCUT2D eigenvalue weighted by atomic mass is 9.98. The molecule has 0 saturated carbocycles. The molecule has 0 amide bonds. The molecule has 0 spiro atoms. The van der Waals surface area contributed by atoms with E-state index in [2.05, 4.69) is 9.98 Å². The molecule has 0 saturated heterocycles. The van der Waals surface area contributed by atoms with Crippen LogP contribution in [0.2, 0.25) is 0 Å². The lowest BCUT2D eigenvalue weighted by molar-refractivity contribution is 0.122. The van der Waals surface area contributed by atoms with Gasteiger partial charge in [-0.1, -0.05) is 18.2 Å². The average Bonchev–Trinajstić information content (AvgIpc) is 2.96. The van der Waals surface area contributed by atoms with Crippen LogP contribution in [0, 0.1) is 0 Å². The second-order valence-electron chi connectivity index (χ2n) is 5.93. The first-order valence-electron chi connectivity index (χ1n) is 7.90. The van der Waals surface area contributed by atoms with Crippen LogP contribution in [0.25, 0.3) is 5.70 Å². The van der Waals surface area contributed by atoms with Gasteiger partial charge in [-0.05, 0) is 36.4 Å². The number of aliphatic imine (C=N–C) groups is 3. The first-order valence-corrected chi connectivity index (χ1v) is 7.90. The number of para-hydroxylation sites is 1. The summed E-state index contributed by atoms with van der Waals surface area (Å²) in [6.45, 7) is 0. The predicted octanol–water partition coefficient (Wildman–Crippen LogP) is 2.68. The number of benzene rings is 2. The zero-order chi connectivity index (χ0) is 17.0. The lowest BCUT2D eigenvalue weighted by Crippen LogP contribution is -2.42. The number of fused-ring (bicyclic) bond motifs is 2. The maximum Gasteiger partial charge on any atom is 0.246 e. The molecular weight excluding hydrogens is 316 g/mol. The minimum absolute atomic E-state index is 0.434. The van der Waals surface area contributed by atoms with Crippen LogP contribution < -0.4 is 4.74 Å².